The van der Waals surface area contributed by atoms with E-state index in [4.69, 9.17) is 5.11 Å². The number of aryl methyl sites for hydroxylation is 1. The van der Waals surface area contributed by atoms with E-state index in [2.05, 4.69) is 9.97 Å². The van der Waals surface area contributed by atoms with E-state index in [9.17, 15) is 14.7 Å². The molecule has 0 unspecified atom stereocenters. The Hall–Kier alpha value is -3.61. The minimum atomic E-state index is -0.973. The van der Waals surface area contributed by atoms with E-state index in [1.54, 1.807) is 35.2 Å². The molecule has 0 bridgehead atoms. The summed E-state index contributed by atoms with van der Waals surface area (Å²) in [6.45, 7) is 2.75. The summed E-state index contributed by atoms with van der Waals surface area (Å²) in [7, 11) is 0. The highest BCUT2D eigenvalue weighted by Gasteiger charge is 2.26. The van der Waals surface area contributed by atoms with Gasteiger partial charge < -0.3 is 20.1 Å². The van der Waals surface area contributed by atoms with E-state index < -0.39 is 5.97 Å². The van der Waals surface area contributed by atoms with Crippen molar-refractivity contribution < 1.29 is 19.8 Å². The van der Waals surface area contributed by atoms with Crippen molar-refractivity contribution in [2.24, 2.45) is 0 Å². The lowest BCUT2D eigenvalue weighted by Crippen LogP contribution is -2.36. The molecule has 0 spiro atoms. The van der Waals surface area contributed by atoms with Crippen LogP contribution < -0.4 is 0 Å². The summed E-state index contributed by atoms with van der Waals surface area (Å²) < 4.78 is 0. The predicted molar refractivity (Wildman–Crippen MR) is 102 cm³/mol. The van der Waals surface area contributed by atoms with Crippen molar-refractivity contribution in [2.75, 3.05) is 6.54 Å². The Morgan fingerprint density at radius 3 is 2.57 bits per heavy atom. The summed E-state index contributed by atoms with van der Waals surface area (Å²) in [5.41, 5.74) is 3.93. The van der Waals surface area contributed by atoms with Gasteiger partial charge in [-0.3, -0.25) is 4.79 Å². The number of hydrogen-bond acceptors (Lipinski definition) is 4. The molecule has 1 aliphatic heterocycles. The smallest absolute Gasteiger partial charge is 0.335 e. The topological polar surface area (TPSA) is 107 Å². The van der Waals surface area contributed by atoms with Crippen LogP contribution in [-0.2, 0) is 13.0 Å². The van der Waals surface area contributed by atoms with E-state index in [0.29, 0.717) is 25.3 Å². The molecule has 28 heavy (non-hydrogen) atoms. The number of aromatic amines is 1. The number of benzene rings is 2. The zero-order valence-electron chi connectivity index (χ0n) is 15.3. The van der Waals surface area contributed by atoms with Crippen LogP contribution in [0.2, 0.25) is 0 Å². The molecule has 0 atom stereocenters. The first-order valence-corrected chi connectivity index (χ1v) is 8.93. The Morgan fingerprint density at radius 2 is 1.89 bits per heavy atom. The number of amides is 1. The van der Waals surface area contributed by atoms with Crippen LogP contribution in [0.15, 0.2) is 42.5 Å². The second kappa shape index (κ2) is 6.84. The average molecular weight is 377 g/mol. The second-order valence-electron chi connectivity index (χ2n) is 6.89. The number of phenols is 1. The number of nitrogens with one attached hydrogen (secondary N) is 1. The number of carbonyl (C=O) groups is 2. The van der Waals surface area contributed by atoms with Gasteiger partial charge in [0, 0.05) is 18.5 Å². The number of nitrogens with zero attached hydrogens (tertiary/aromatic N) is 2. The molecule has 0 saturated carbocycles. The molecule has 1 aliphatic rings. The van der Waals surface area contributed by atoms with Gasteiger partial charge in [-0.1, -0.05) is 18.2 Å². The minimum absolute atomic E-state index is 0.0142. The highest BCUT2D eigenvalue weighted by molar-refractivity contribution is 5.97. The van der Waals surface area contributed by atoms with Crippen molar-refractivity contribution in [1.82, 2.24) is 14.9 Å². The van der Waals surface area contributed by atoms with Crippen molar-refractivity contribution in [3.05, 3.63) is 70.5 Å². The fraction of sp³-hybridized carbons (Fsp3) is 0.190. The number of rotatable bonds is 3. The molecule has 4 rings (SSSR count). The quantitative estimate of drug-likeness (QED) is 0.651. The summed E-state index contributed by atoms with van der Waals surface area (Å²) in [5, 5.41) is 19.1. The molecule has 1 amide bonds. The lowest BCUT2D eigenvalue weighted by molar-refractivity contribution is 0.0694. The third-order valence-corrected chi connectivity index (χ3v) is 4.91. The number of imidazole rings is 1. The number of aromatic carboxylic acids is 1. The fourth-order valence-electron chi connectivity index (χ4n) is 3.37. The first-order chi connectivity index (χ1) is 13.4. The fourth-order valence-corrected chi connectivity index (χ4v) is 3.37. The van der Waals surface area contributed by atoms with Crippen molar-refractivity contribution in [3.63, 3.8) is 0 Å². The summed E-state index contributed by atoms with van der Waals surface area (Å²) in [6.07, 6.45) is 0.609. The molecular weight excluding hydrogens is 358 g/mol. The van der Waals surface area contributed by atoms with Gasteiger partial charge in [-0.05, 0) is 36.8 Å². The monoisotopic (exact) mass is 377 g/mol. The molecule has 3 N–H and O–H groups in total. The number of carboxylic acid groups (broad SMARTS) is 1. The van der Waals surface area contributed by atoms with Crippen LogP contribution >= 0.6 is 0 Å². The van der Waals surface area contributed by atoms with Gasteiger partial charge in [0.2, 0.25) is 0 Å². The molecule has 1 aromatic heterocycles. The normalized spacial score (nSPS) is 13.2. The van der Waals surface area contributed by atoms with E-state index in [-0.39, 0.29) is 22.8 Å². The molecule has 0 fully saturated rings. The van der Waals surface area contributed by atoms with E-state index >= 15 is 0 Å². The summed E-state index contributed by atoms with van der Waals surface area (Å²) in [4.78, 5) is 33.3. The highest BCUT2D eigenvalue weighted by atomic mass is 16.4. The van der Waals surface area contributed by atoms with Gasteiger partial charge in [-0.25, -0.2) is 9.78 Å². The van der Waals surface area contributed by atoms with Gasteiger partial charge in [0.05, 0.1) is 29.1 Å². The van der Waals surface area contributed by atoms with Crippen molar-refractivity contribution >= 4 is 11.9 Å². The van der Waals surface area contributed by atoms with Crippen LogP contribution in [0.25, 0.3) is 11.4 Å². The Balaban J connectivity index is 1.56. The van der Waals surface area contributed by atoms with Crippen LogP contribution in [0.5, 0.6) is 5.75 Å². The van der Waals surface area contributed by atoms with Gasteiger partial charge in [0.15, 0.2) is 0 Å². The molecule has 0 aliphatic carbocycles. The number of aromatic hydroxyl groups is 1. The van der Waals surface area contributed by atoms with Crippen molar-refractivity contribution in [2.45, 2.75) is 19.9 Å². The van der Waals surface area contributed by atoms with Crippen LogP contribution in [0.3, 0.4) is 0 Å². The SMILES string of the molecule is Cc1ccc(C(=O)N2CCc3nc(-c4ccc(C(=O)O)cc4)[nH]c3C2)c(O)c1. The van der Waals surface area contributed by atoms with Gasteiger partial charge >= 0.3 is 5.97 Å². The molecule has 0 radical (unpaired) electrons. The van der Waals surface area contributed by atoms with Gasteiger partial charge in [-0.2, -0.15) is 0 Å². The number of fused-ring (bicyclic) bond motifs is 1. The molecule has 3 aromatic rings. The highest BCUT2D eigenvalue weighted by Crippen LogP contribution is 2.26. The summed E-state index contributed by atoms with van der Waals surface area (Å²) in [5.74, 6) is -0.557. The van der Waals surface area contributed by atoms with Gasteiger partial charge in [0.1, 0.15) is 11.6 Å². The maximum Gasteiger partial charge on any atom is 0.335 e. The van der Waals surface area contributed by atoms with Crippen LogP contribution in [-0.4, -0.2) is 43.5 Å². The van der Waals surface area contributed by atoms with Crippen molar-refractivity contribution in [1.29, 1.82) is 0 Å². The number of carbonyl (C=O) groups excluding carboxylic acids is 1. The van der Waals surface area contributed by atoms with Crippen LogP contribution in [0, 0.1) is 6.92 Å². The first-order valence-electron chi connectivity index (χ1n) is 8.93. The Morgan fingerprint density at radius 1 is 1.14 bits per heavy atom. The zero-order chi connectivity index (χ0) is 19.8. The lowest BCUT2D eigenvalue weighted by Gasteiger charge is -2.26. The Labute approximate surface area is 161 Å². The molecule has 2 aromatic carbocycles. The lowest BCUT2D eigenvalue weighted by atomic mass is 10.1. The van der Waals surface area contributed by atoms with Gasteiger partial charge in [0.25, 0.3) is 5.91 Å². The van der Waals surface area contributed by atoms with Crippen LogP contribution in [0.4, 0.5) is 0 Å². The van der Waals surface area contributed by atoms with Gasteiger partial charge in [-0.15, -0.1) is 0 Å². The first kappa shape index (κ1) is 17.8. The standard InChI is InChI=1S/C21H19N3O4/c1-12-2-7-15(18(25)10-12)20(26)24-9-8-16-17(11-24)23-19(22-16)13-3-5-14(6-4-13)21(27)28/h2-7,10,25H,8-9,11H2,1H3,(H,22,23)(H,27,28). The molecular formula is C21H19N3O4. The average Bonchev–Trinajstić information content (AvgIpc) is 3.11. The number of phenolic OH excluding ortho intramolecular Hbond substituents is 1. The molecule has 7 heteroatoms. The molecule has 2 heterocycles. The third kappa shape index (κ3) is 3.22. The number of hydrogen-bond donors (Lipinski definition) is 3. The maximum absolute atomic E-state index is 12.8. The second-order valence-corrected chi connectivity index (χ2v) is 6.89. The Kier molecular flexibility index (Phi) is 4.35. The zero-order valence-corrected chi connectivity index (χ0v) is 15.3. The number of aromatic nitrogens is 2. The van der Waals surface area contributed by atoms with E-state index in [0.717, 1.165) is 22.5 Å². The Bertz CT molecular complexity index is 1070. The third-order valence-electron chi connectivity index (χ3n) is 4.91. The summed E-state index contributed by atoms with van der Waals surface area (Å²) >= 11 is 0. The van der Waals surface area contributed by atoms with E-state index in [1.165, 1.54) is 12.1 Å². The summed E-state index contributed by atoms with van der Waals surface area (Å²) in [6, 6.07) is 11.5. The predicted octanol–water partition coefficient (Wildman–Crippen LogP) is 2.99. The molecule has 142 valence electrons. The molecule has 7 nitrogen and oxygen atoms in total. The van der Waals surface area contributed by atoms with E-state index in [1.807, 2.05) is 6.92 Å². The maximum atomic E-state index is 12.8. The van der Waals surface area contributed by atoms with Crippen molar-refractivity contribution in [3.8, 4) is 17.1 Å². The minimum Gasteiger partial charge on any atom is -0.507 e. The number of H-pyrrole nitrogens is 1. The van der Waals surface area contributed by atoms with Crippen LogP contribution in [0.1, 0.15) is 37.7 Å². The largest absolute Gasteiger partial charge is 0.507 e. The number of carboxylic acids is 1. The molecule has 0 saturated heterocycles.